The van der Waals surface area contributed by atoms with Crippen LogP contribution in [0.3, 0.4) is 0 Å². The van der Waals surface area contributed by atoms with E-state index in [1.807, 2.05) is 12.4 Å². The van der Waals surface area contributed by atoms with Crippen molar-refractivity contribution in [2.75, 3.05) is 0 Å². The van der Waals surface area contributed by atoms with Gasteiger partial charge in [-0.2, -0.15) is 0 Å². The first-order chi connectivity index (χ1) is 4.95. The average molecular weight is 127 g/mol. The summed E-state index contributed by atoms with van der Waals surface area (Å²) in [6.07, 6.45) is 3.75. The molecule has 2 aliphatic rings. The largest absolute Gasteiger partial charge is 0.264 e. The number of hydrogen-bond donors (Lipinski definition) is 0. The summed E-state index contributed by atoms with van der Waals surface area (Å²) in [6.45, 7) is 0. The predicted molar refractivity (Wildman–Crippen MR) is 40.7 cm³/mol. The van der Waals surface area contributed by atoms with Gasteiger partial charge >= 0.3 is 0 Å². The summed E-state index contributed by atoms with van der Waals surface area (Å²) in [4.78, 5) is 4.04. The third-order valence-electron chi connectivity index (χ3n) is 1.98. The van der Waals surface area contributed by atoms with Gasteiger partial charge < -0.3 is 0 Å². The van der Waals surface area contributed by atoms with Gasteiger partial charge in [0.05, 0.1) is 0 Å². The van der Waals surface area contributed by atoms with E-state index in [1.54, 1.807) is 0 Å². The lowest BCUT2D eigenvalue weighted by Crippen LogP contribution is -1.66. The van der Waals surface area contributed by atoms with Crippen molar-refractivity contribution in [1.82, 2.24) is 4.98 Å². The first-order valence-corrected chi connectivity index (χ1v) is 3.33. The molecule has 1 nitrogen and oxygen atoms in total. The van der Waals surface area contributed by atoms with Crippen LogP contribution >= 0.6 is 0 Å². The van der Waals surface area contributed by atoms with Crippen molar-refractivity contribution in [2.45, 2.75) is 0 Å². The Balaban J connectivity index is 2.63. The molecule has 10 heavy (non-hydrogen) atoms. The molecule has 0 radical (unpaired) electrons. The van der Waals surface area contributed by atoms with E-state index >= 15 is 0 Å². The molecule has 0 unspecified atom stereocenters. The predicted octanol–water partition coefficient (Wildman–Crippen LogP) is 2.22. The minimum atomic E-state index is 1.27. The zero-order chi connectivity index (χ0) is 6.55. The molecule has 1 aromatic rings. The van der Waals surface area contributed by atoms with Crippen LogP contribution in [-0.2, 0) is 0 Å². The number of aromatic nitrogens is 1. The van der Waals surface area contributed by atoms with Gasteiger partial charge in [0.15, 0.2) is 0 Å². The Labute approximate surface area is 58.3 Å². The summed E-state index contributed by atoms with van der Waals surface area (Å²) in [7, 11) is 0. The molecule has 0 aliphatic heterocycles. The summed E-state index contributed by atoms with van der Waals surface area (Å²) in [6, 6.07) is 6.44. The van der Waals surface area contributed by atoms with Crippen LogP contribution in [0.15, 0.2) is 30.6 Å². The fraction of sp³-hybridized carbons (Fsp3) is 0. The highest BCUT2D eigenvalue weighted by Crippen LogP contribution is 2.42. The van der Waals surface area contributed by atoms with E-state index in [-0.39, 0.29) is 0 Å². The van der Waals surface area contributed by atoms with Crippen LogP contribution in [0.4, 0.5) is 0 Å². The lowest BCUT2D eigenvalue weighted by molar-refractivity contribution is 1.37. The fourth-order valence-electron chi connectivity index (χ4n) is 1.41. The second kappa shape index (κ2) is 1.21. The summed E-state index contributed by atoms with van der Waals surface area (Å²) in [5.41, 5.74) is 2.81. The minimum absolute atomic E-state index is 1.27. The number of pyridine rings is 1. The summed E-state index contributed by atoms with van der Waals surface area (Å²) < 4.78 is 0. The van der Waals surface area contributed by atoms with Crippen molar-refractivity contribution < 1.29 is 0 Å². The van der Waals surface area contributed by atoms with E-state index in [4.69, 9.17) is 0 Å². The molecule has 0 amide bonds. The maximum absolute atomic E-state index is 4.04. The van der Waals surface area contributed by atoms with Gasteiger partial charge in [0.1, 0.15) is 0 Å². The van der Waals surface area contributed by atoms with Crippen LogP contribution in [0.25, 0.3) is 21.9 Å². The zero-order valence-corrected chi connectivity index (χ0v) is 5.33. The van der Waals surface area contributed by atoms with Crippen LogP contribution in [0.5, 0.6) is 0 Å². The molecular weight excluding hydrogens is 122 g/mol. The molecule has 0 atom stereocenters. The highest BCUT2D eigenvalue weighted by molar-refractivity contribution is 6.08. The van der Waals surface area contributed by atoms with E-state index < -0.39 is 0 Å². The van der Waals surface area contributed by atoms with Gasteiger partial charge in [0.2, 0.25) is 0 Å². The molecule has 1 heteroatoms. The van der Waals surface area contributed by atoms with Crippen molar-refractivity contribution >= 4 is 10.8 Å². The molecule has 0 fully saturated rings. The van der Waals surface area contributed by atoms with Crippen LogP contribution in [-0.4, -0.2) is 4.98 Å². The standard InChI is InChI=1S/C9H5N/c1-2-10-5-7-3-6-4-9(6)8(1)7/h1-5H. The normalized spacial score (nSPS) is 12.0. The first-order valence-electron chi connectivity index (χ1n) is 3.33. The third-order valence-corrected chi connectivity index (χ3v) is 1.98. The minimum Gasteiger partial charge on any atom is -0.264 e. The molecule has 1 aromatic heterocycles. The Morgan fingerprint density at radius 3 is 3.10 bits per heavy atom. The van der Waals surface area contributed by atoms with Crippen molar-refractivity contribution in [2.24, 2.45) is 0 Å². The van der Waals surface area contributed by atoms with Crippen LogP contribution in [0.1, 0.15) is 0 Å². The number of rotatable bonds is 0. The Morgan fingerprint density at radius 2 is 2.20 bits per heavy atom. The van der Waals surface area contributed by atoms with Gasteiger partial charge in [-0.1, -0.05) is 0 Å². The van der Waals surface area contributed by atoms with E-state index in [2.05, 4.69) is 23.2 Å². The molecule has 0 bridgehead atoms. The smallest absolute Gasteiger partial charge is 0.0346 e. The summed E-state index contributed by atoms with van der Waals surface area (Å²) in [5.74, 6) is 0. The van der Waals surface area contributed by atoms with E-state index in [9.17, 15) is 0 Å². The lowest BCUT2D eigenvalue weighted by atomic mass is 10.3. The highest BCUT2D eigenvalue weighted by atomic mass is 14.6. The molecule has 1 heterocycles. The Hall–Kier alpha value is -1.37. The van der Waals surface area contributed by atoms with Crippen molar-refractivity contribution in [1.29, 1.82) is 0 Å². The monoisotopic (exact) mass is 127 g/mol. The highest BCUT2D eigenvalue weighted by Gasteiger charge is 2.16. The second-order valence-corrected chi connectivity index (χ2v) is 2.62. The first kappa shape index (κ1) is 4.45. The van der Waals surface area contributed by atoms with Crippen molar-refractivity contribution in [3.8, 4) is 11.1 Å². The average Bonchev–Trinajstić information content (AvgIpc) is 2.64. The molecule has 0 saturated carbocycles. The third kappa shape index (κ3) is 0.376. The van der Waals surface area contributed by atoms with Crippen LogP contribution < -0.4 is 0 Å². The number of hydrogen-bond acceptors (Lipinski definition) is 1. The quantitative estimate of drug-likeness (QED) is 0.451. The second-order valence-electron chi connectivity index (χ2n) is 2.62. The molecule has 0 aromatic carbocycles. The van der Waals surface area contributed by atoms with Crippen molar-refractivity contribution in [3.63, 3.8) is 0 Å². The topological polar surface area (TPSA) is 12.9 Å². The van der Waals surface area contributed by atoms with Crippen LogP contribution in [0, 0.1) is 0 Å². The number of nitrogens with zero attached hydrogens (tertiary/aromatic N) is 1. The van der Waals surface area contributed by atoms with E-state index in [1.165, 1.54) is 21.9 Å². The maximum Gasteiger partial charge on any atom is 0.0346 e. The number of fused-ring (bicyclic) bond motifs is 3. The fourth-order valence-corrected chi connectivity index (χ4v) is 1.41. The van der Waals surface area contributed by atoms with Gasteiger partial charge in [0, 0.05) is 17.8 Å². The Morgan fingerprint density at radius 1 is 1.20 bits per heavy atom. The number of benzene rings is 1. The van der Waals surface area contributed by atoms with Crippen molar-refractivity contribution in [3.05, 3.63) is 30.6 Å². The van der Waals surface area contributed by atoms with Gasteiger partial charge in [-0.3, -0.25) is 4.98 Å². The Kier molecular flexibility index (Phi) is 0.539. The summed E-state index contributed by atoms with van der Waals surface area (Å²) >= 11 is 0. The summed E-state index contributed by atoms with van der Waals surface area (Å²) in [5, 5.41) is 2.63. The maximum atomic E-state index is 4.04. The SMILES string of the molecule is c1cc2c3cc-3cc2cn1. The van der Waals surface area contributed by atoms with E-state index in [0.29, 0.717) is 0 Å². The Bertz CT molecular complexity index is 418. The van der Waals surface area contributed by atoms with Gasteiger partial charge in [0.25, 0.3) is 0 Å². The molecule has 3 rings (SSSR count). The molecule has 0 saturated heterocycles. The van der Waals surface area contributed by atoms with Gasteiger partial charge in [-0.25, -0.2) is 0 Å². The molecule has 0 N–H and O–H groups in total. The molecule has 46 valence electrons. The van der Waals surface area contributed by atoms with Gasteiger partial charge in [-0.15, -0.1) is 0 Å². The zero-order valence-electron chi connectivity index (χ0n) is 5.33. The molecule has 2 aliphatic carbocycles. The van der Waals surface area contributed by atoms with Crippen LogP contribution in [0.2, 0.25) is 0 Å². The van der Waals surface area contributed by atoms with E-state index in [0.717, 1.165) is 0 Å². The van der Waals surface area contributed by atoms with Gasteiger partial charge in [-0.05, 0) is 34.7 Å². The lowest BCUT2D eigenvalue weighted by Gasteiger charge is -1.84. The molecule has 0 spiro atoms. The molecular formula is C9H5N.